The third-order valence-corrected chi connectivity index (χ3v) is 7.03. The second-order valence-electron chi connectivity index (χ2n) is 9.70. The van der Waals surface area contributed by atoms with Crippen LogP contribution in [-0.2, 0) is 16.2 Å². The molecular weight excluding hydrogens is 485 g/mol. The number of hydrogen-bond donors (Lipinski definition) is 0. The number of hydrogen-bond acceptors (Lipinski definition) is 5. The SMILES string of the molecule is CCCCC(CC)Cn1c2ccc(/C(=N\OC(C)=O)c3ccc(F)cc3C)cc2c2cc([N+](=O)[O-])ccc21. The van der Waals surface area contributed by atoms with Crippen molar-refractivity contribution < 1.29 is 18.9 Å². The molecular formula is C30H32FN3O4. The number of aryl methyl sites for hydroxylation is 1. The number of unbranched alkanes of at least 4 members (excludes halogenated alkanes) is 1. The maximum absolute atomic E-state index is 13.8. The Labute approximate surface area is 221 Å². The van der Waals surface area contributed by atoms with Gasteiger partial charge >= 0.3 is 5.97 Å². The number of fused-ring (bicyclic) bond motifs is 3. The summed E-state index contributed by atoms with van der Waals surface area (Å²) < 4.78 is 16.1. The summed E-state index contributed by atoms with van der Waals surface area (Å²) in [6.45, 7) is 8.21. The average molecular weight is 518 g/mol. The van der Waals surface area contributed by atoms with Crippen LogP contribution in [0.15, 0.2) is 59.8 Å². The van der Waals surface area contributed by atoms with Crippen LogP contribution in [0.5, 0.6) is 0 Å². The number of halogens is 1. The molecule has 1 atom stereocenters. The number of nitrogens with zero attached hydrogens (tertiary/aromatic N) is 3. The minimum absolute atomic E-state index is 0.0168. The van der Waals surface area contributed by atoms with E-state index in [1.165, 1.54) is 19.1 Å². The highest BCUT2D eigenvalue weighted by molar-refractivity contribution is 6.17. The van der Waals surface area contributed by atoms with Gasteiger partial charge in [-0.1, -0.05) is 44.3 Å². The number of rotatable bonds is 10. The van der Waals surface area contributed by atoms with Crippen LogP contribution >= 0.6 is 0 Å². The molecule has 1 heterocycles. The average Bonchev–Trinajstić information content (AvgIpc) is 3.19. The maximum Gasteiger partial charge on any atom is 0.332 e. The van der Waals surface area contributed by atoms with Crippen LogP contribution < -0.4 is 0 Å². The van der Waals surface area contributed by atoms with Gasteiger partial charge in [0.25, 0.3) is 5.69 Å². The van der Waals surface area contributed by atoms with Gasteiger partial charge in [0.15, 0.2) is 0 Å². The number of nitro groups is 1. The molecule has 0 saturated carbocycles. The first-order valence-corrected chi connectivity index (χ1v) is 13.0. The van der Waals surface area contributed by atoms with E-state index in [0.717, 1.165) is 54.0 Å². The van der Waals surface area contributed by atoms with Gasteiger partial charge in [0.2, 0.25) is 0 Å². The number of benzene rings is 3. The molecule has 0 amide bonds. The van der Waals surface area contributed by atoms with Gasteiger partial charge in [-0.25, -0.2) is 9.18 Å². The van der Waals surface area contributed by atoms with E-state index in [2.05, 4.69) is 23.6 Å². The summed E-state index contributed by atoms with van der Waals surface area (Å²) in [6.07, 6.45) is 4.43. The van der Waals surface area contributed by atoms with Crippen molar-refractivity contribution in [1.29, 1.82) is 0 Å². The maximum atomic E-state index is 13.8. The molecule has 3 aromatic carbocycles. The Bertz CT molecular complexity index is 1540. The molecule has 1 unspecified atom stereocenters. The Balaban J connectivity index is 1.94. The Morgan fingerprint density at radius 2 is 1.79 bits per heavy atom. The first-order chi connectivity index (χ1) is 18.2. The summed E-state index contributed by atoms with van der Waals surface area (Å²) in [5, 5.41) is 17.3. The predicted octanol–water partition coefficient (Wildman–Crippen LogP) is 7.68. The number of nitro benzene ring substituents is 1. The molecule has 38 heavy (non-hydrogen) atoms. The highest BCUT2D eigenvalue weighted by Crippen LogP contribution is 2.34. The van der Waals surface area contributed by atoms with E-state index in [0.29, 0.717) is 28.3 Å². The summed E-state index contributed by atoms with van der Waals surface area (Å²) in [5.74, 6) is -0.475. The van der Waals surface area contributed by atoms with Gasteiger partial charge in [0, 0.05) is 58.5 Å². The van der Waals surface area contributed by atoms with Crippen LogP contribution in [0, 0.1) is 28.8 Å². The van der Waals surface area contributed by atoms with Crippen molar-refractivity contribution in [2.75, 3.05) is 0 Å². The highest BCUT2D eigenvalue weighted by atomic mass is 19.1. The van der Waals surface area contributed by atoms with Gasteiger partial charge in [0.1, 0.15) is 11.5 Å². The van der Waals surface area contributed by atoms with Gasteiger partial charge < -0.3 is 9.40 Å². The van der Waals surface area contributed by atoms with Crippen molar-refractivity contribution in [2.24, 2.45) is 11.1 Å². The van der Waals surface area contributed by atoms with Gasteiger partial charge in [-0.2, -0.15) is 0 Å². The number of carbonyl (C=O) groups is 1. The fourth-order valence-corrected chi connectivity index (χ4v) is 4.99. The lowest BCUT2D eigenvalue weighted by Crippen LogP contribution is -2.10. The smallest absolute Gasteiger partial charge is 0.332 e. The van der Waals surface area contributed by atoms with Crippen molar-refractivity contribution in [1.82, 2.24) is 4.57 Å². The molecule has 0 N–H and O–H groups in total. The van der Waals surface area contributed by atoms with E-state index in [9.17, 15) is 19.3 Å². The van der Waals surface area contributed by atoms with E-state index in [-0.39, 0.29) is 11.5 Å². The molecule has 4 aromatic rings. The molecule has 4 rings (SSSR count). The van der Waals surface area contributed by atoms with Crippen LogP contribution in [0.2, 0.25) is 0 Å². The third kappa shape index (κ3) is 5.59. The van der Waals surface area contributed by atoms with Crippen molar-refractivity contribution in [3.05, 3.63) is 87.2 Å². The number of aromatic nitrogens is 1. The molecule has 0 bridgehead atoms. The Morgan fingerprint density at radius 1 is 1.08 bits per heavy atom. The predicted molar refractivity (Wildman–Crippen MR) is 148 cm³/mol. The first kappa shape index (κ1) is 27.0. The summed E-state index contributed by atoms with van der Waals surface area (Å²) in [4.78, 5) is 27.8. The lowest BCUT2D eigenvalue weighted by molar-refractivity contribution is -0.384. The van der Waals surface area contributed by atoms with Gasteiger partial charge in [-0.15, -0.1) is 0 Å². The second-order valence-corrected chi connectivity index (χ2v) is 9.70. The Morgan fingerprint density at radius 3 is 2.42 bits per heavy atom. The Kier molecular flexibility index (Phi) is 8.20. The molecule has 7 nitrogen and oxygen atoms in total. The molecule has 0 fully saturated rings. The molecule has 0 aliphatic carbocycles. The first-order valence-electron chi connectivity index (χ1n) is 13.0. The lowest BCUT2D eigenvalue weighted by Gasteiger charge is -2.17. The molecule has 0 aliphatic heterocycles. The number of carbonyl (C=O) groups excluding carboxylic acids is 1. The number of non-ortho nitro benzene ring substituents is 1. The van der Waals surface area contributed by atoms with E-state index in [1.807, 2.05) is 24.3 Å². The topological polar surface area (TPSA) is 86.7 Å². The minimum Gasteiger partial charge on any atom is -0.340 e. The zero-order valence-electron chi connectivity index (χ0n) is 22.2. The van der Waals surface area contributed by atoms with Gasteiger partial charge in [-0.05, 0) is 61.2 Å². The summed E-state index contributed by atoms with van der Waals surface area (Å²) in [6, 6.07) is 15.1. The fourth-order valence-electron chi connectivity index (χ4n) is 4.99. The molecule has 0 saturated heterocycles. The van der Waals surface area contributed by atoms with Crippen molar-refractivity contribution in [2.45, 2.75) is 59.9 Å². The minimum atomic E-state index is -0.576. The lowest BCUT2D eigenvalue weighted by atomic mass is 9.96. The van der Waals surface area contributed by atoms with Crippen LogP contribution in [0.4, 0.5) is 10.1 Å². The van der Waals surface area contributed by atoms with E-state index >= 15 is 0 Å². The molecule has 198 valence electrons. The zero-order valence-corrected chi connectivity index (χ0v) is 22.2. The molecule has 0 aliphatic rings. The highest BCUT2D eigenvalue weighted by Gasteiger charge is 2.20. The van der Waals surface area contributed by atoms with E-state index in [4.69, 9.17) is 4.84 Å². The van der Waals surface area contributed by atoms with E-state index in [1.54, 1.807) is 25.1 Å². The van der Waals surface area contributed by atoms with E-state index < -0.39 is 10.9 Å². The molecule has 0 radical (unpaired) electrons. The summed E-state index contributed by atoms with van der Waals surface area (Å²) in [7, 11) is 0. The standard InChI is InChI=1S/C30H32FN3O4/c1-5-7-8-21(6-2)18-33-28-13-9-22(16-26(28)27-17-24(34(36)37)11-14-29(27)33)30(32-38-20(4)35)25-12-10-23(31)15-19(25)3/h9-17,21H,5-8,18H2,1-4H3/b32-30+. The Hall–Kier alpha value is -4.07. The number of oxime groups is 1. The quantitative estimate of drug-likeness (QED) is 0.0934. The monoisotopic (exact) mass is 517 g/mol. The molecule has 8 heteroatoms. The molecule has 1 aromatic heterocycles. The van der Waals surface area contributed by atoms with Crippen LogP contribution in [0.25, 0.3) is 21.8 Å². The van der Waals surface area contributed by atoms with Crippen molar-refractivity contribution in [3.8, 4) is 0 Å². The third-order valence-electron chi connectivity index (χ3n) is 7.03. The van der Waals surface area contributed by atoms with Gasteiger partial charge in [-0.3, -0.25) is 10.1 Å². The zero-order chi connectivity index (χ0) is 27.4. The van der Waals surface area contributed by atoms with Crippen molar-refractivity contribution in [3.63, 3.8) is 0 Å². The summed E-state index contributed by atoms with van der Waals surface area (Å²) in [5.41, 5.74) is 4.18. The largest absolute Gasteiger partial charge is 0.340 e. The fraction of sp³-hybridized carbons (Fsp3) is 0.333. The van der Waals surface area contributed by atoms with Crippen LogP contribution in [-0.4, -0.2) is 21.2 Å². The van der Waals surface area contributed by atoms with Crippen LogP contribution in [0.3, 0.4) is 0 Å². The van der Waals surface area contributed by atoms with Crippen LogP contribution in [0.1, 0.15) is 63.1 Å². The molecule has 0 spiro atoms. The van der Waals surface area contributed by atoms with Gasteiger partial charge in [0.05, 0.1) is 4.92 Å². The second kappa shape index (κ2) is 11.5. The normalized spacial score (nSPS) is 12.7. The van der Waals surface area contributed by atoms with Crippen molar-refractivity contribution >= 4 is 39.2 Å². The summed E-state index contributed by atoms with van der Waals surface area (Å²) >= 11 is 0.